The van der Waals surface area contributed by atoms with Gasteiger partial charge < -0.3 is 29.6 Å². The minimum atomic E-state index is -5.56. The molecule has 2 heterocycles. The Morgan fingerprint density at radius 2 is 2.07 bits per heavy atom. The van der Waals surface area contributed by atoms with Crippen molar-refractivity contribution in [1.82, 2.24) is 9.55 Å². The fraction of sp³-hybridized carbons (Fsp3) is 0.500. The first-order valence-corrected chi connectivity index (χ1v) is 10.3. The number of carbonyl (C=O) groups excluding carboxylic acids is 1. The third-order valence-corrected chi connectivity index (χ3v) is 5.67. The van der Waals surface area contributed by atoms with Crippen LogP contribution in [0.5, 0.6) is 0 Å². The molecule has 0 spiro atoms. The minimum absolute atomic E-state index is 0.0540. The molecule has 0 bridgehead atoms. The maximum Gasteiger partial charge on any atom is 0.481 e. The standard InChI is InChI=1S/C10H13FN2O12P2S/c11-10(3-23-27(21,22)25-26(18,19)20)6(16)5(15)8(24-10)13-1-4(2-14)7(17)12-9(13)28/h1-2,5-6,8,15-16H,3H2,(H,21,22)(H,12,17,28)(H2,18,19,20)/t5-,6+,8-,10-/m1/s1/i8D. The Kier molecular flexibility index (Phi) is 6.10. The van der Waals surface area contributed by atoms with Crippen molar-refractivity contribution in [2.24, 2.45) is 0 Å². The molecule has 2 rings (SSSR count). The topological polar surface area (TPSA) is 218 Å². The van der Waals surface area contributed by atoms with Crippen molar-refractivity contribution < 1.29 is 58.2 Å². The second-order valence-corrected chi connectivity index (χ2v) is 8.48. The molecule has 0 aliphatic carbocycles. The molecule has 1 fully saturated rings. The summed E-state index contributed by atoms with van der Waals surface area (Å²) < 4.78 is 57.0. The molecule has 1 aromatic rings. The van der Waals surface area contributed by atoms with Gasteiger partial charge in [0.1, 0.15) is 18.8 Å². The van der Waals surface area contributed by atoms with Gasteiger partial charge in [0, 0.05) is 6.20 Å². The SMILES string of the molecule is [2H][C@@]1(n2cc(C=O)c(=O)[nH]c2=S)O[C@](F)(COP(=O)(O)OP(=O)(O)O)[C@@H](O)[C@H]1O. The Morgan fingerprint density at radius 1 is 1.46 bits per heavy atom. The van der Waals surface area contributed by atoms with E-state index in [2.05, 4.69) is 13.6 Å². The Hall–Kier alpha value is -1.16. The summed E-state index contributed by atoms with van der Waals surface area (Å²) in [6, 6.07) is 0. The van der Waals surface area contributed by atoms with Gasteiger partial charge in [0.15, 0.2) is 17.3 Å². The Morgan fingerprint density at radius 3 is 2.61 bits per heavy atom. The van der Waals surface area contributed by atoms with E-state index in [9.17, 15) is 38.2 Å². The number of carbonyl (C=O) groups is 1. The highest BCUT2D eigenvalue weighted by molar-refractivity contribution is 7.71. The van der Waals surface area contributed by atoms with Crippen molar-refractivity contribution in [2.45, 2.75) is 24.3 Å². The predicted octanol–water partition coefficient (Wildman–Crippen LogP) is -1.14. The number of aliphatic hydroxyl groups excluding tert-OH is 2. The molecule has 18 heteroatoms. The fourth-order valence-electron chi connectivity index (χ4n) is 2.03. The highest BCUT2D eigenvalue weighted by Gasteiger charge is 2.57. The minimum Gasteiger partial charge on any atom is -0.385 e. The van der Waals surface area contributed by atoms with Crippen molar-refractivity contribution in [3.8, 4) is 0 Å². The lowest BCUT2D eigenvalue weighted by Crippen LogP contribution is -2.42. The number of phosphoric acid groups is 2. The predicted molar refractivity (Wildman–Crippen MR) is 86.2 cm³/mol. The van der Waals surface area contributed by atoms with Gasteiger partial charge in [-0.1, -0.05) is 0 Å². The fourth-order valence-corrected chi connectivity index (χ4v) is 3.87. The van der Waals surface area contributed by atoms with E-state index in [0.717, 1.165) is 0 Å². The zero-order valence-corrected chi connectivity index (χ0v) is 15.8. The number of rotatable bonds is 7. The van der Waals surface area contributed by atoms with Gasteiger partial charge in [-0.15, -0.1) is 0 Å². The number of aromatic nitrogens is 2. The number of hydrogen-bond donors (Lipinski definition) is 6. The lowest BCUT2D eigenvalue weighted by atomic mass is 10.1. The van der Waals surface area contributed by atoms with Crippen molar-refractivity contribution in [3.05, 3.63) is 26.9 Å². The van der Waals surface area contributed by atoms with Crippen molar-refractivity contribution in [2.75, 3.05) is 6.61 Å². The van der Waals surface area contributed by atoms with Crippen molar-refractivity contribution >= 4 is 34.1 Å². The zero-order chi connectivity index (χ0) is 22.4. The summed E-state index contributed by atoms with van der Waals surface area (Å²) in [6.45, 7) is -1.74. The molecule has 0 radical (unpaired) electrons. The van der Waals surface area contributed by atoms with E-state index in [1.807, 2.05) is 4.98 Å². The Bertz CT molecular complexity index is 1030. The van der Waals surface area contributed by atoms with Crippen LogP contribution in [0.3, 0.4) is 0 Å². The van der Waals surface area contributed by atoms with Crippen LogP contribution in [0.25, 0.3) is 0 Å². The summed E-state index contributed by atoms with van der Waals surface area (Å²) in [5.41, 5.74) is -1.57. The molecule has 1 aliphatic rings. The second kappa shape index (κ2) is 7.93. The highest BCUT2D eigenvalue weighted by Crippen LogP contribution is 2.58. The smallest absolute Gasteiger partial charge is 0.385 e. The van der Waals surface area contributed by atoms with E-state index >= 15 is 0 Å². The molecule has 0 saturated carbocycles. The van der Waals surface area contributed by atoms with E-state index in [-0.39, 0.29) is 6.29 Å². The molecule has 1 aliphatic heterocycles. The third-order valence-electron chi connectivity index (χ3n) is 3.24. The molecule has 1 unspecified atom stereocenters. The molecule has 14 nitrogen and oxygen atoms in total. The van der Waals surface area contributed by atoms with Gasteiger partial charge in [-0.25, -0.2) is 13.5 Å². The summed E-state index contributed by atoms with van der Waals surface area (Å²) in [5.74, 6) is -3.59. The summed E-state index contributed by atoms with van der Waals surface area (Å²) in [6.07, 6.45) is -7.38. The maximum atomic E-state index is 14.9. The van der Waals surface area contributed by atoms with Gasteiger partial charge in [-0.3, -0.25) is 23.7 Å². The quantitative estimate of drug-likeness (QED) is 0.159. The van der Waals surface area contributed by atoms with E-state index < -0.39 is 62.4 Å². The van der Waals surface area contributed by atoms with E-state index in [4.69, 9.17) is 23.4 Å². The van der Waals surface area contributed by atoms with E-state index in [1.54, 1.807) is 0 Å². The molecular weight excluding hydrogens is 453 g/mol. The third kappa shape index (κ3) is 5.06. The summed E-state index contributed by atoms with van der Waals surface area (Å²) in [7, 11) is -11.1. The first-order valence-electron chi connectivity index (χ1n) is 7.36. The first kappa shape index (κ1) is 21.5. The largest absolute Gasteiger partial charge is 0.481 e. The molecule has 0 aromatic carbocycles. The number of H-pyrrole nitrogens is 1. The van der Waals surface area contributed by atoms with Gasteiger partial charge in [-0.2, -0.15) is 4.31 Å². The molecule has 28 heavy (non-hydrogen) atoms. The number of nitrogens with zero attached hydrogens (tertiary/aromatic N) is 1. The maximum absolute atomic E-state index is 14.9. The molecular formula is C10H13FN2O12P2S. The lowest BCUT2D eigenvalue weighted by molar-refractivity contribution is -0.204. The van der Waals surface area contributed by atoms with Crippen molar-refractivity contribution in [3.63, 3.8) is 0 Å². The van der Waals surface area contributed by atoms with Gasteiger partial charge >= 0.3 is 15.6 Å². The van der Waals surface area contributed by atoms with Crippen molar-refractivity contribution in [1.29, 1.82) is 0 Å². The molecule has 6 N–H and O–H groups in total. The number of aldehydes is 1. The number of aliphatic hydroxyl groups is 2. The summed E-state index contributed by atoms with van der Waals surface area (Å²) in [4.78, 5) is 50.6. The van der Waals surface area contributed by atoms with Gasteiger partial charge in [-0.05, 0) is 12.2 Å². The van der Waals surface area contributed by atoms with Crippen LogP contribution in [-0.4, -0.2) is 65.4 Å². The van der Waals surface area contributed by atoms with Crippen LogP contribution >= 0.6 is 27.9 Å². The van der Waals surface area contributed by atoms with Gasteiger partial charge in [0.05, 0.1) is 6.93 Å². The average Bonchev–Trinajstić information content (AvgIpc) is 2.73. The number of phosphoric ester groups is 1. The lowest BCUT2D eigenvalue weighted by Gasteiger charge is -2.24. The van der Waals surface area contributed by atoms with Gasteiger partial charge in [0.25, 0.3) is 11.4 Å². The number of ether oxygens (including phenoxy) is 1. The molecule has 1 aromatic heterocycles. The van der Waals surface area contributed by atoms with Crippen LogP contribution in [-0.2, 0) is 22.7 Å². The normalized spacial score (nSPS) is 33.3. The summed E-state index contributed by atoms with van der Waals surface area (Å²) >= 11 is 4.76. The number of alkyl halides is 1. The van der Waals surface area contributed by atoms with Gasteiger partial charge in [0.2, 0.25) is 0 Å². The van der Waals surface area contributed by atoms with E-state index in [0.29, 0.717) is 10.8 Å². The molecule has 5 atom stereocenters. The number of nitrogens with one attached hydrogen (secondary N) is 1. The molecule has 158 valence electrons. The first-order chi connectivity index (χ1) is 13.0. The monoisotopic (exact) mass is 467 g/mol. The van der Waals surface area contributed by atoms with Crippen LogP contribution in [0.1, 0.15) is 17.9 Å². The summed E-state index contributed by atoms with van der Waals surface area (Å²) in [5, 5.41) is 20.0. The zero-order valence-electron chi connectivity index (χ0n) is 14.2. The number of aromatic amines is 1. The van der Waals surface area contributed by atoms with Crippen LogP contribution in [0, 0.1) is 4.77 Å². The average molecular weight is 467 g/mol. The van der Waals surface area contributed by atoms with Crippen LogP contribution in [0.2, 0.25) is 0 Å². The van der Waals surface area contributed by atoms with E-state index in [1.165, 1.54) is 0 Å². The molecule has 1 saturated heterocycles. The second-order valence-electron chi connectivity index (χ2n) is 5.26. The molecule has 0 amide bonds. The Balaban J connectivity index is 2.37. The highest BCUT2D eigenvalue weighted by atomic mass is 32.1. The van der Waals surface area contributed by atoms with Crippen LogP contribution in [0.4, 0.5) is 4.39 Å². The number of halogens is 1. The Labute approximate surface area is 160 Å². The van der Waals surface area contributed by atoms with Crippen LogP contribution in [0.15, 0.2) is 11.0 Å². The number of hydrogen-bond acceptors (Lipinski definition) is 10. The van der Waals surface area contributed by atoms with Crippen LogP contribution < -0.4 is 5.56 Å².